The van der Waals surface area contributed by atoms with E-state index in [0.29, 0.717) is 6.54 Å². The first-order valence-corrected chi connectivity index (χ1v) is 8.56. The van der Waals surface area contributed by atoms with Gasteiger partial charge in [-0.2, -0.15) is 5.10 Å². The molecule has 5 nitrogen and oxygen atoms in total. The Morgan fingerprint density at radius 3 is 2.62 bits per heavy atom. The number of aliphatic hydroxyl groups is 1. The average molecular weight is 349 g/mol. The van der Waals surface area contributed by atoms with Crippen molar-refractivity contribution in [2.75, 3.05) is 0 Å². The van der Waals surface area contributed by atoms with E-state index < -0.39 is 5.60 Å². The lowest BCUT2D eigenvalue weighted by molar-refractivity contribution is -0.126. The predicted molar refractivity (Wildman–Crippen MR) is 101 cm³/mol. The van der Waals surface area contributed by atoms with Crippen LogP contribution in [0.25, 0.3) is 11.1 Å². The van der Waals surface area contributed by atoms with E-state index in [9.17, 15) is 9.90 Å². The molecule has 0 aliphatic heterocycles. The van der Waals surface area contributed by atoms with E-state index in [4.69, 9.17) is 0 Å². The second-order valence-corrected chi connectivity index (χ2v) is 6.70. The molecule has 0 aliphatic rings. The van der Waals surface area contributed by atoms with E-state index >= 15 is 0 Å². The van der Waals surface area contributed by atoms with Crippen molar-refractivity contribution in [3.8, 4) is 11.1 Å². The molecule has 2 N–H and O–H groups in total. The molecule has 0 radical (unpaired) electrons. The van der Waals surface area contributed by atoms with Gasteiger partial charge in [0.2, 0.25) is 5.91 Å². The van der Waals surface area contributed by atoms with E-state index in [1.54, 1.807) is 11.6 Å². The van der Waals surface area contributed by atoms with Gasteiger partial charge in [-0.25, -0.2) is 0 Å². The molecule has 0 saturated heterocycles. The minimum Gasteiger partial charge on any atom is -0.385 e. The number of amides is 1. The summed E-state index contributed by atoms with van der Waals surface area (Å²) >= 11 is 0. The van der Waals surface area contributed by atoms with Crippen LogP contribution in [0.4, 0.5) is 0 Å². The fraction of sp³-hybridized carbons (Fsp3) is 0.238. The Morgan fingerprint density at radius 1 is 1.15 bits per heavy atom. The number of rotatable bonds is 6. The van der Waals surface area contributed by atoms with Gasteiger partial charge in [-0.15, -0.1) is 0 Å². The standard InChI is InChI=1S/C21H23N3O2/c1-21(26,19-9-4-3-5-10-19)12-20(25)22-13-16-7-6-8-17(11-16)18-14-23-24(2)15-18/h3-11,14-15,26H,12-13H2,1-2H3,(H,22,25)/t21-/m0/s1. The molecule has 1 heterocycles. The fourth-order valence-corrected chi connectivity index (χ4v) is 2.91. The molecule has 3 aromatic rings. The van der Waals surface area contributed by atoms with Crippen molar-refractivity contribution in [2.45, 2.75) is 25.5 Å². The molecule has 0 aliphatic carbocycles. The van der Waals surface area contributed by atoms with Crippen LogP contribution in [0.1, 0.15) is 24.5 Å². The number of aromatic nitrogens is 2. The maximum absolute atomic E-state index is 12.3. The highest BCUT2D eigenvalue weighted by Gasteiger charge is 2.26. The van der Waals surface area contributed by atoms with Crippen molar-refractivity contribution in [3.63, 3.8) is 0 Å². The Labute approximate surface area is 153 Å². The van der Waals surface area contributed by atoms with Crippen LogP contribution in [-0.2, 0) is 24.0 Å². The number of hydrogen-bond acceptors (Lipinski definition) is 3. The summed E-state index contributed by atoms with van der Waals surface area (Å²) in [7, 11) is 1.88. The maximum atomic E-state index is 12.3. The van der Waals surface area contributed by atoms with E-state index in [2.05, 4.69) is 10.4 Å². The highest BCUT2D eigenvalue weighted by atomic mass is 16.3. The Balaban J connectivity index is 1.61. The Kier molecular flexibility index (Phi) is 5.19. The molecule has 134 valence electrons. The molecule has 1 atom stereocenters. The number of hydrogen-bond donors (Lipinski definition) is 2. The minimum atomic E-state index is -1.19. The van der Waals surface area contributed by atoms with Crippen LogP contribution in [-0.4, -0.2) is 20.8 Å². The first-order chi connectivity index (χ1) is 12.4. The zero-order chi connectivity index (χ0) is 18.6. The summed E-state index contributed by atoms with van der Waals surface area (Å²) in [4.78, 5) is 12.3. The average Bonchev–Trinajstić information content (AvgIpc) is 3.07. The molecule has 0 unspecified atom stereocenters. The van der Waals surface area contributed by atoms with Gasteiger partial charge < -0.3 is 10.4 Å². The molecule has 1 aromatic heterocycles. The number of benzene rings is 2. The minimum absolute atomic E-state index is 0.0132. The Morgan fingerprint density at radius 2 is 1.92 bits per heavy atom. The van der Waals surface area contributed by atoms with E-state index in [1.165, 1.54) is 0 Å². The Bertz CT molecular complexity index is 885. The summed E-state index contributed by atoms with van der Waals surface area (Å²) in [5.41, 5.74) is 2.63. The second-order valence-electron chi connectivity index (χ2n) is 6.70. The van der Waals surface area contributed by atoms with Gasteiger partial charge in [-0.3, -0.25) is 9.48 Å². The van der Waals surface area contributed by atoms with Crippen LogP contribution in [0.2, 0.25) is 0 Å². The van der Waals surface area contributed by atoms with Gasteiger partial charge in [0.1, 0.15) is 0 Å². The summed E-state index contributed by atoms with van der Waals surface area (Å²) in [6.07, 6.45) is 3.78. The molecule has 0 fully saturated rings. The van der Waals surface area contributed by atoms with Crippen LogP contribution in [0.5, 0.6) is 0 Å². The quantitative estimate of drug-likeness (QED) is 0.719. The van der Waals surface area contributed by atoms with Gasteiger partial charge in [0, 0.05) is 25.4 Å². The maximum Gasteiger partial charge on any atom is 0.223 e. The fourth-order valence-electron chi connectivity index (χ4n) is 2.91. The zero-order valence-electron chi connectivity index (χ0n) is 15.0. The molecule has 0 bridgehead atoms. The molecule has 1 amide bonds. The van der Waals surface area contributed by atoms with E-state index in [1.807, 2.05) is 74.0 Å². The summed E-state index contributed by atoms with van der Waals surface area (Å²) in [6, 6.07) is 17.2. The van der Waals surface area contributed by atoms with Crippen LogP contribution in [0.3, 0.4) is 0 Å². The topological polar surface area (TPSA) is 67.2 Å². The number of nitrogens with zero attached hydrogens (tertiary/aromatic N) is 2. The summed E-state index contributed by atoms with van der Waals surface area (Å²) < 4.78 is 1.76. The first kappa shape index (κ1) is 17.9. The van der Waals surface area contributed by atoms with Gasteiger partial charge >= 0.3 is 0 Å². The van der Waals surface area contributed by atoms with Crippen molar-refractivity contribution in [1.29, 1.82) is 0 Å². The second kappa shape index (κ2) is 7.54. The first-order valence-electron chi connectivity index (χ1n) is 8.56. The molecular formula is C21H23N3O2. The summed E-state index contributed by atoms with van der Waals surface area (Å²) in [5.74, 6) is -0.189. The number of aryl methyl sites for hydroxylation is 1. The van der Waals surface area contributed by atoms with Gasteiger partial charge in [0.15, 0.2) is 0 Å². The van der Waals surface area contributed by atoms with Crippen molar-refractivity contribution in [2.24, 2.45) is 7.05 Å². The molecule has 2 aromatic carbocycles. The van der Waals surface area contributed by atoms with Gasteiger partial charge in [0.25, 0.3) is 0 Å². The van der Waals surface area contributed by atoms with E-state index in [-0.39, 0.29) is 12.3 Å². The zero-order valence-corrected chi connectivity index (χ0v) is 15.0. The van der Waals surface area contributed by atoms with E-state index in [0.717, 1.165) is 22.3 Å². The number of carbonyl (C=O) groups excluding carboxylic acids is 1. The lowest BCUT2D eigenvalue weighted by Gasteiger charge is -2.23. The monoisotopic (exact) mass is 349 g/mol. The number of nitrogens with one attached hydrogen (secondary N) is 1. The number of carbonyl (C=O) groups is 1. The third kappa shape index (κ3) is 4.37. The molecule has 0 saturated carbocycles. The van der Waals surface area contributed by atoms with Crippen molar-refractivity contribution >= 4 is 5.91 Å². The normalized spacial score (nSPS) is 13.2. The molecule has 3 rings (SSSR count). The van der Waals surface area contributed by atoms with Crippen molar-refractivity contribution in [3.05, 3.63) is 78.1 Å². The predicted octanol–water partition coefficient (Wildman–Crippen LogP) is 3.00. The highest BCUT2D eigenvalue weighted by molar-refractivity contribution is 5.77. The lowest BCUT2D eigenvalue weighted by Crippen LogP contribution is -2.32. The Hall–Kier alpha value is -2.92. The van der Waals surface area contributed by atoms with Crippen LogP contribution in [0, 0.1) is 0 Å². The van der Waals surface area contributed by atoms with Crippen molar-refractivity contribution < 1.29 is 9.90 Å². The third-order valence-corrected chi connectivity index (χ3v) is 4.36. The molecular weight excluding hydrogens is 326 g/mol. The third-order valence-electron chi connectivity index (χ3n) is 4.36. The molecule has 26 heavy (non-hydrogen) atoms. The summed E-state index contributed by atoms with van der Waals surface area (Å²) in [6.45, 7) is 2.07. The summed E-state index contributed by atoms with van der Waals surface area (Å²) in [5, 5.41) is 17.7. The van der Waals surface area contributed by atoms with Gasteiger partial charge in [-0.1, -0.05) is 48.5 Å². The molecule has 0 spiro atoms. The lowest BCUT2D eigenvalue weighted by atomic mass is 9.92. The van der Waals surface area contributed by atoms with Crippen molar-refractivity contribution in [1.82, 2.24) is 15.1 Å². The highest BCUT2D eigenvalue weighted by Crippen LogP contribution is 2.24. The van der Waals surface area contributed by atoms with Gasteiger partial charge in [0.05, 0.1) is 18.2 Å². The van der Waals surface area contributed by atoms with Crippen LogP contribution >= 0.6 is 0 Å². The van der Waals surface area contributed by atoms with Crippen LogP contribution < -0.4 is 5.32 Å². The van der Waals surface area contributed by atoms with Crippen LogP contribution in [0.15, 0.2) is 67.0 Å². The SMILES string of the molecule is Cn1cc(-c2cccc(CNC(=O)C[C@](C)(O)c3ccccc3)c2)cn1. The largest absolute Gasteiger partial charge is 0.385 e. The van der Waals surface area contributed by atoms with Gasteiger partial charge in [-0.05, 0) is 29.7 Å². The smallest absolute Gasteiger partial charge is 0.223 e. The molecule has 5 heteroatoms.